The molecule has 0 bridgehead atoms. The molecule has 16 heavy (non-hydrogen) atoms. The van der Waals surface area contributed by atoms with Crippen molar-refractivity contribution in [1.29, 1.82) is 0 Å². The summed E-state index contributed by atoms with van der Waals surface area (Å²) in [7, 11) is 0. The third-order valence-electron chi connectivity index (χ3n) is 2.42. The quantitative estimate of drug-likeness (QED) is 0.438. The van der Waals surface area contributed by atoms with Gasteiger partial charge in [-0.15, -0.1) is 0 Å². The fourth-order valence-electron chi connectivity index (χ4n) is 1.56. The van der Waals surface area contributed by atoms with E-state index in [1.807, 2.05) is 25.1 Å². The van der Waals surface area contributed by atoms with Crippen molar-refractivity contribution in [3.8, 4) is 0 Å². The first-order chi connectivity index (χ1) is 7.76. The number of nitrogens with one attached hydrogen (secondary N) is 1. The van der Waals surface area contributed by atoms with Gasteiger partial charge in [-0.25, -0.2) is 0 Å². The third kappa shape index (κ3) is 4.94. The standard InChI is InChI=1S/C12H19ClN2O/c1-2-16-7-6-12(15-14)9-10-4-3-5-11(13)8-10/h3-5,8,12,15H,2,6-7,9,14H2,1H3. The zero-order valence-corrected chi connectivity index (χ0v) is 10.3. The smallest absolute Gasteiger partial charge is 0.0481 e. The van der Waals surface area contributed by atoms with Crippen molar-refractivity contribution in [2.75, 3.05) is 13.2 Å². The van der Waals surface area contributed by atoms with Crippen LogP contribution in [0.3, 0.4) is 0 Å². The number of halogens is 1. The van der Waals surface area contributed by atoms with Crippen LogP contribution in [0.25, 0.3) is 0 Å². The Kier molecular flexibility index (Phi) is 6.42. The maximum Gasteiger partial charge on any atom is 0.0481 e. The predicted octanol–water partition coefficient (Wildman–Crippen LogP) is 2.14. The summed E-state index contributed by atoms with van der Waals surface area (Å²) in [4.78, 5) is 0. The van der Waals surface area contributed by atoms with Crippen LogP contribution in [0.2, 0.25) is 5.02 Å². The predicted molar refractivity (Wildman–Crippen MR) is 67.4 cm³/mol. The Hall–Kier alpha value is -0.610. The monoisotopic (exact) mass is 242 g/mol. The van der Waals surface area contributed by atoms with Gasteiger partial charge in [0.15, 0.2) is 0 Å². The van der Waals surface area contributed by atoms with Gasteiger partial charge in [0, 0.05) is 24.3 Å². The average Bonchev–Trinajstić information content (AvgIpc) is 2.28. The lowest BCUT2D eigenvalue weighted by Crippen LogP contribution is -2.37. The molecule has 0 aliphatic heterocycles. The molecule has 4 heteroatoms. The van der Waals surface area contributed by atoms with E-state index in [0.29, 0.717) is 0 Å². The molecule has 1 aromatic carbocycles. The minimum absolute atomic E-state index is 0.227. The van der Waals surface area contributed by atoms with Crippen LogP contribution in [0.5, 0.6) is 0 Å². The molecule has 90 valence electrons. The van der Waals surface area contributed by atoms with Crippen molar-refractivity contribution in [2.45, 2.75) is 25.8 Å². The van der Waals surface area contributed by atoms with Crippen LogP contribution >= 0.6 is 11.6 Å². The van der Waals surface area contributed by atoms with Gasteiger partial charge in [0.05, 0.1) is 0 Å². The van der Waals surface area contributed by atoms with E-state index < -0.39 is 0 Å². The third-order valence-corrected chi connectivity index (χ3v) is 2.66. The molecule has 0 radical (unpaired) electrons. The molecule has 1 unspecified atom stereocenters. The summed E-state index contributed by atoms with van der Waals surface area (Å²) < 4.78 is 5.31. The van der Waals surface area contributed by atoms with E-state index in [9.17, 15) is 0 Å². The minimum atomic E-state index is 0.227. The Morgan fingerprint density at radius 3 is 2.94 bits per heavy atom. The highest BCUT2D eigenvalue weighted by molar-refractivity contribution is 6.30. The second-order valence-electron chi connectivity index (χ2n) is 3.68. The van der Waals surface area contributed by atoms with Gasteiger partial charge in [0.1, 0.15) is 0 Å². The Morgan fingerprint density at radius 1 is 1.50 bits per heavy atom. The van der Waals surface area contributed by atoms with E-state index in [1.165, 1.54) is 5.56 Å². The number of nitrogens with two attached hydrogens (primary N) is 1. The summed E-state index contributed by atoms with van der Waals surface area (Å²) >= 11 is 5.92. The summed E-state index contributed by atoms with van der Waals surface area (Å²) in [5.41, 5.74) is 3.99. The van der Waals surface area contributed by atoms with Crippen molar-refractivity contribution >= 4 is 11.6 Å². The first-order valence-electron chi connectivity index (χ1n) is 5.54. The van der Waals surface area contributed by atoms with Gasteiger partial charge in [-0.3, -0.25) is 11.3 Å². The number of hydrogen-bond donors (Lipinski definition) is 2. The summed E-state index contributed by atoms with van der Waals surface area (Å²) in [5.74, 6) is 5.50. The second kappa shape index (κ2) is 7.63. The second-order valence-corrected chi connectivity index (χ2v) is 4.12. The molecule has 0 heterocycles. The normalized spacial score (nSPS) is 12.7. The van der Waals surface area contributed by atoms with Crippen LogP contribution in [0.4, 0.5) is 0 Å². The first-order valence-corrected chi connectivity index (χ1v) is 5.92. The summed E-state index contributed by atoms with van der Waals surface area (Å²) in [6.07, 6.45) is 1.76. The zero-order valence-electron chi connectivity index (χ0n) is 9.58. The van der Waals surface area contributed by atoms with Crippen LogP contribution < -0.4 is 11.3 Å². The number of benzene rings is 1. The van der Waals surface area contributed by atoms with Crippen molar-refractivity contribution < 1.29 is 4.74 Å². The fraction of sp³-hybridized carbons (Fsp3) is 0.500. The van der Waals surface area contributed by atoms with Gasteiger partial charge in [0.2, 0.25) is 0 Å². The van der Waals surface area contributed by atoms with E-state index in [4.69, 9.17) is 22.2 Å². The van der Waals surface area contributed by atoms with Crippen LogP contribution in [-0.2, 0) is 11.2 Å². The van der Waals surface area contributed by atoms with Gasteiger partial charge in [-0.1, -0.05) is 23.7 Å². The molecule has 1 aromatic rings. The molecule has 1 atom stereocenters. The van der Waals surface area contributed by atoms with Crippen molar-refractivity contribution in [2.24, 2.45) is 5.84 Å². The van der Waals surface area contributed by atoms with Gasteiger partial charge in [-0.05, 0) is 37.5 Å². The lowest BCUT2D eigenvalue weighted by atomic mass is 10.0. The molecular formula is C12H19ClN2O. The van der Waals surface area contributed by atoms with Crippen molar-refractivity contribution in [3.63, 3.8) is 0 Å². The fourth-order valence-corrected chi connectivity index (χ4v) is 1.78. The number of ether oxygens (including phenoxy) is 1. The van der Waals surface area contributed by atoms with Crippen molar-refractivity contribution in [3.05, 3.63) is 34.9 Å². The topological polar surface area (TPSA) is 47.3 Å². The molecule has 1 rings (SSSR count). The number of hydrazine groups is 1. The molecule has 3 nitrogen and oxygen atoms in total. The van der Waals surface area contributed by atoms with Crippen LogP contribution in [0.1, 0.15) is 18.9 Å². The van der Waals surface area contributed by atoms with Crippen LogP contribution in [-0.4, -0.2) is 19.3 Å². The maximum absolute atomic E-state index is 5.92. The lowest BCUT2D eigenvalue weighted by Gasteiger charge is -2.15. The van der Waals surface area contributed by atoms with E-state index in [-0.39, 0.29) is 6.04 Å². The van der Waals surface area contributed by atoms with Gasteiger partial charge < -0.3 is 4.74 Å². The average molecular weight is 243 g/mol. The Morgan fingerprint density at radius 2 is 2.31 bits per heavy atom. The molecule has 0 amide bonds. The molecule has 0 fully saturated rings. The number of hydrogen-bond acceptors (Lipinski definition) is 3. The molecule has 0 saturated carbocycles. The molecule has 0 aromatic heterocycles. The lowest BCUT2D eigenvalue weighted by molar-refractivity contribution is 0.136. The van der Waals surface area contributed by atoms with Crippen LogP contribution in [0.15, 0.2) is 24.3 Å². The van der Waals surface area contributed by atoms with Gasteiger partial charge in [-0.2, -0.15) is 0 Å². The molecule has 0 spiro atoms. The van der Waals surface area contributed by atoms with E-state index >= 15 is 0 Å². The molecule has 0 saturated heterocycles. The Bertz CT molecular complexity index is 307. The maximum atomic E-state index is 5.92. The van der Waals surface area contributed by atoms with Crippen molar-refractivity contribution in [1.82, 2.24) is 5.43 Å². The molecule has 0 aliphatic carbocycles. The van der Waals surface area contributed by atoms with Gasteiger partial charge >= 0.3 is 0 Å². The molecular weight excluding hydrogens is 224 g/mol. The summed E-state index contributed by atoms with van der Waals surface area (Å²) in [6, 6.07) is 8.07. The first kappa shape index (κ1) is 13.5. The zero-order chi connectivity index (χ0) is 11.8. The summed E-state index contributed by atoms with van der Waals surface area (Å²) in [5, 5.41) is 0.762. The van der Waals surface area contributed by atoms with Crippen LogP contribution in [0, 0.1) is 0 Å². The molecule has 0 aliphatic rings. The number of rotatable bonds is 7. The van der Waals surface area contributed by atoms with E-state index in [2.05, 4.69) is 11.5 Å². The van der Waals surface area contributed by atoms with E-state index in [1.54, 1.807) is 0 Å². The highest BCUT2D eigenvalue weighted by atomic mass is 35.5. The Labute approximate surface area is 102 Å². The van der Waals surface area contributed by atoms with Gasteiger partial charge in [0.25, 0.3) is 0 Å². The highest BCUT2D eigenvalue weighted by Gasteiger charge is 2.07. The largest absolute Gasteiger partial charge is 0.382 e. The minimum Gasteiger partial charge on any atom is -0.382 e. The molecule has 3 N–H and O–H groups in total. The summed E-state index contributed by atoms with van der Waals surface area (Å²) in [6.45, 7) is 3.46. The van der Waals surface area contributed by atoms with E-state index in [0.717, 1.165) is 31.1 Å². The SMILES string of the molecule is CCOCCC(Cc1cccc(Cl)c1)NN. The Balaban J connectivity index is 2.43. The highest BCUT2D eigenvalue weighted by Crippen LogP contribution is 2.13.